The molecule has 5 rings (SSSR count). The van der Waals surface area contributed by atoms with Gasteiger partial charge < -0.3 is 0 Å². The predicted octanol–water partition coefficient (Wildman–Crippen LogP) is 3.04. The fourth-order valence-electron chi connectivity index (χ4n) is 4.08. The van der Waals surface area contributed by atoms with E-state index in [0.717, 1.165) is 10.5 Å². The van der Waals surface area contributed by atoms with E-state index in [2.05, 4.69) is 4.98 Å². The molecule has 2 aliphatic rings. The fourth-order valence-corrected chi connectivity index (χ4v) is 4.08. The Morgan fingerprint density at radius 2 is 1.65 bits per heavy atom. The highest BCUT2D eigenvalue weighted by Crippen LogP contribution is 2.47. The molecule has 9 heteroatoms. The van der Waals surface area contributed by atoms with Crippen molar-refractivity contribution in [2.75, 3.05) is 9.96 Å². The number of carbonyl (C=O) groups excluding carboxylic acids is 2. The van der Waals surface area contributed by atoms with E-state index in [-0.39, 0.29) is 11.4 Å². The summed E-state index contributed by atoms with van der Waals surface area (Å²) in [5.74, 6) is -1.71. The van der Waals surface area contributed by atoms with Crippen molar-refractivity contribution in [1.29, 1.82) is 0 Å². The normalized spacial score (nSPS) is 22.6. The van der Waals surface area contributed by atoms with Crippen LogP contribution in [0.5, 0.6) is 0 Å². The number of para-hydroxylation sites is 1. The number of benzene rings is 2. The molecule has 0 saturated carbocycles. The maximum absolute atomic E-state index is 13.4. The molecule has 2 aliphatic heterocycles. The molecule has 0 spiro atoms. The summed E-state index contributed by atoms with van der Waals surface area (Å²) >= 11 is 0. The van der Waals surface area contributed by atoms with Crippen LogP contribution >= 0.6 is 0 Å². The number of rotatable bonds is 4. The maximum atomic E-state index is 13.4. The summed E-state index contributed by atoms with van der Waals surface area (Å²) in [6.07, 6.45) is 2.28. The van der Waals surface area contributed by atoms with Crippen LogP contribution < -0.4 is 9.96 Å². The Morgan fingerprint density at radius 3 is 2.29 bits per heavy atom. The highest BCUT2D eigenvalue weighted by molar-refractivity contribution is 6.23. The Morgan fingerprint density at radius 1 is 0.903 bits per heavy atom. The van der Waals surface area contributed by atoms with Gasteiger partial charge in [0.25, 0.3) is 11.6 Å². The first kappa shape index (κ1) is 18.9. The van der Waals surface area contributed by atoms with Crippen LogP contribution in [0.2, 0.25) is 0 Å². The lowest BCUT2D eigenvalue weighted by molar-refractivity contribution is -0.384. The summed E-state index contributed by atoms with van der Waals surface area (Å²) in [4.78, 5) is 48.2. The first-order valence-electron chi connectivity index (χ1n) is 9.59. The zero-order valence-electron chi connectivity index (χ0n) is 16.1. The van der Waals surface area contributed by atoms with Crippen molar-refractivity contribution >= 4 is 28.9 Å². The van der Waals surface area contributed by atoms with Crippen LogP contribution in [0.3, 0.4) is 0 Å². The smallest absolute Gasteiger partial charge is 0.269 e. The molecule has 2 amide bonds. The zero-order valence-corrected chi connectivity index (χ0v) is 16.1. The number of hydrogen-bond donors (Lipinski definition) is 0. The molecule has 2 aromatic carbocycles. The van der Waals surface area contributed by atoms with Crippen molar-refractivity contribution in [2.45, 2.75) is 12.1 Å². The SMILES string of the molecule is O=C1C2ON(c3ccccc3)C(c3cccnc3)C2C(=O)N1c1ccc([N+](=O)[O-])cc1. The van der Waals surface area contributed by atoms with E-state index in [1.165, 1.54) is 24.3 Å². The zero-order chi connectivity index (χ0) is 21.5. The summed E-state index contributed by atoms with van der Waals surface area (Å²) < 4.78 is 0. The molecule has 31 heavy (non-hydrogen) atoms. The van der Waals surface area contributed by atoms with Crippen molar-refractivity contribution in [1.82, 2.24) is 4.98 Å². The van der Waals surface area contributed by atoms with Crippen molar-refractivity contribution in [3.05, 3.63) is 94.8 Å². The lowest BCUT2D eigenvalue weighted by atomic mass is 9.91. The van der Waals surface area contributed by atoms with Crippen LogP contribution in [0.25, 0.3) is 0 Å². The van der Waals surface area contributed by atoms with Gasteiger partial charge in [0.05, 0.1) is 22.3 Å². The van der Waals surface area contributed by atoms with Gasteiger partial charge in [-0.1, -0.05) is 24.3 Å². The number of non-ortho nitro benzene ring substituents is 1. The van der Waals surface area contributed by atoms with E-state index in [9.17, 15) is 19.7 Å². The van der Waals surface area contributed by atoms with E-state index in [1.807, 2.05) is 36.4 Å². The number of aromatic nitrogens is 1. The summed E-state index contributed by atoms with van der Waals surface area (Å²) in [6.45, 7) is 0. The predicted molar refractivity (Wildman–Crippen MR) is 110 cm³/mol. The van der Waals surface area contributed by atoms with E-state index in [4.69, 9.17) is 4.84 Å². The average Bonchev–Trinajstić information content (AvgIpc) is 3.31. The highest BCUT2D eigenvalue weighted by Gasteiger charge is 2.60. The number of hydroxylamine groups is 1. The number of imide groups is 1. The minimum absolute atomic E-state index is 0.122. The summed E-state index contributed by atoms with van der Waals surface area (Å²) in [6, 6.07) is 17.6. The standard InChI is InChI=1S/C22H16N4O5/c27-21-18-19(14-5-4-12-23-13-14)25(16-6-2-1-3-7-16)31-20(18)22(28)24(21)15-8-10-17(11-9-15)26(29)30/h1-13,18-20H. The first-order valence-corrected chi connectivity index (χ1v) is 9.59. The third-order valence-corrected chi connectivity index (χ3v) is 5.47. The van der Waals surface area contributed by atoms with Gasteiger partial charge >= 0.3 is 0 Å². The van der Waals surface area contributed by atoms with Crippen molar-refractivity contribution in [3.63, 3.8) is 0 Å². The first-order chi connectivity index (χ1) is 15.1. The number of nitrogens with zero attached hydrogens (tertiary/aromatic N) is 4. The molecule has 0 radical (unpaired) electrons. The quantitative estimate of drug-likeness (QED) is 0.366. The molecule has 9 nitrogen and oxygen atoms in total. The third kappa shape index (κ3) is 3.03. The molecule has 3 aromatic rings. The van der Waals surface area contributed by atoms with Gasteiger partial charge in [0.1, 0.15) is 5.92 Å². The molecule has 154 valence electrons. The number of nitro benzene ring substituents is 1. The fraction of sp³-hybridized carbons (Fsp3) is 0.136. The Labute approximate surface area is 176 Å². The van der Waals surface area contributed by atoms with E-state index in [0.29, 0.717) is 5.69 Å². The molecule has 0 aliphatic carbocycles. The Balaban J connectivity index is 1.54. The molecular formula is C22H16N4O5. The topological polar surface area (TPSA) is 106 Å². The van der Waals surface area contributed by atoms with Gasteiger partial charge in [-0.3, -0.25) is 29.5 Å². The summed E-state index contributed by atoms with van der Waals surface area (Å²) in [5.41, 5.74) is 1.61. The molecule has 1 aromatic heterocycles. The number of pyridine rings is 1. The van der Waals surface area contributed by atoms with Crippen LogP contribution in [0.1, 0.15) is 11.6 Å². The molecule has 2 fully saturated rings. The summed E-state index contributed by atoms with van der Waals surface area (Å²) in [7, 11) is 0. The van der Waals surface area contributed by atoms with Gasteiger partial charge in [0.15, 0.2) is 6.10 Å². The number of carbonyl (C=O) groups is 2. The van der Waals surface area contributed by atoms with E-state index >= 15 is 0 Å². The molecular weight excluding hydrogens is 400 g/mol. The van der Waals surface area contributed by atoms with Crippen molar-refractivity contribution in [2.24, 2.45) is 5.92 Å². The van der Waals surface area contributed by atoms with Gasteiger partial charge in [-0.25, -0.2) is 9.96 Å². The van der Waals surface area contributed by atoms with Crippen LogP contribution in [0.4, 0.5) is 17.1 Å². The van der Waals surface area contributed by atoms with Crippen molar-refractivity contribution in [3.8, 4) is 0 Å². The minimum atomic E-state index is -1.01. The van der Waals surface area contributed by atoms with Crippen molar-refractivity contribution < 1.29 is 19.3 Å². The second kappa shape index (κ2) is 7.29. The van der Waals surface area contributed by atoms with Crippen LogP contribution in [0, 0.1) is 16.0 Å². The van der Waals surface area contributed by atoms with Gasteiger partial charge in [-0.05, 0) is 35.9 Å². The average molecular weight is 416 g/mol. The van der Waals surface area contributed by atoms with Gasteiger partial charge in [-0.15, -0.1) is 0 Å². The monoisotopic (exact) mass is 416 g/mol. The number of hydrogen-bond acceptors (Lipinski definition) is 7. The number of nitro groups is 1. The molecule has 0 bridgehead atoms. The van der Waals surface area contributed by atoms with E-state index in [1.54, 1.807) is 23.5 Å². The molecule has 3 unspecified atom stereocenters. The third-order valence-electron chi connectivity index (χ3n) is 5.47. The number of fused-ring (bicyclic) bond motifs is 1. The van der Waals surface area contributed by atoms with Gasteiger partial charge in [0, 0.05) is 24.5 Å². The molecule has 0 N–H and O–H groups in total. The Kier molecular flexibility index (Phi) is 4.45. The van der Waals surface area contributed by atoms with Crippen LogP contribution in [0.15, 0.2) is 79.1 Å². The molecule has 3 heterocycles. The van der Waals surface area contributed by atoms with Gasteiger partial charge in [-0.2, -0.15) is 0 Å². The largest absolute Gasteiger partial charge is 0.273 e. The Hall–Kier alpha value is -4.11. The Bertz CT molecular complexity index is 1150. The lowest BCUT2D eigenvalue weighted by Crippen LogP contribution is -2.37. The maximum Gasteiger partial charge on any atom is 0.269 e. The summed E-state index contributed by atoms with van der Waals surface area (Å²) in [5, 5.41) is 12.5. The lowest BCUT2D eigenvalue weighted by Gasteiger charge is -2.28. The second-order valence-corrected chi connectivity index (χ2v) is 7.23. The van der Waals surface area contributed by atoms with Gasteiger partial charge in [0.2, 0.25) is 5.91 Å². The van der Waals surface area contributed by atoms with Crippen LogP contribution in [-0.2, 0) is 14.4 Å². The molecule has 3 atom stereocenters. The van der Waals surface area contributed by atoms with Crippen LogP contribution in [-0.4, -0.2) is 27.8 Å². The minimum Gasteiger partial charge on any atom is -0.273 e. The molecule has 2 saturated heterocycles. The highest BCUT2D eigenvalue weighted by atomic mass is 16.7. The van der Waals surface area contributed by atoms with E-state index < -0.39 is 34.8 Å². The number of amides is 2. The number of anilines is 2. The second-order valence-electron chi connectivity index (χ2n) is 7.23.